The van der Waals surface area contributed by atoms with E-state index in [1.165, 1.54) is 0 Å². The van der Waals surface area contributed by atoms with Gasteiger partial charge < -0.3 is 4.74 Å². The van der Waals surface area contributed by atoms with Crippen LogP contribution in [0.3, 0.4) is 0 Å². The molecular weight excluding hydrogens is 333 g/mol. The predicted molar refractivity (Wildman–Crippen MR) is 91.7 cm³/mol. The van der Waals surface area contributed by atoms with Gasteiger partial charge in [-0.1, -0.05) is 53.5 Å². The van der Waals surface area contributed by atoms with Crippen molar-refractivity contribution in [1.82, 2.24) is 4.98 Å². The fourth-order valence-electron chi connectivity index (χ4n) is 2.34. The van der Waals surface area contributed by atoms with Gasteiger partial charge >= 0.3 is 5.97 Å². The molecule has 3 rings (SSSR count). The Bertz CT molecular complexity index is 839. The average Bonchev–Trinajstić information content (AvgIpc) is 2.56. The SMILES string of the molecule is O=C(Cc1c(Cl)cccc1Cl)OCc1cccc2cccnc12. The lowest BCUT2D eigenvalue weighted by Crippen LogP contribution is -2.09. The minimum atomic E-state index is -0.382. The van der Waals surface area contributed by atoms with Gasteiger partial charge in [0.25, 0.3) is 0 Å². The first-order chi connectivity index (χ1) is 11.1. The molecule has 1 heterocycles. The van der Waals surface area contributed by atoms with Crippen LogP contribution in [-0.4, -0.2) is 11.0 Å². The third-order valence-electron chi connectivity index (χ3n) is 3.49. The Balaban J connectivity index is 1.71. The maximum absolute atomic E-state index is 12.1. The maximum atomic E-state index is 12.1. The molecule has 3 aromatic rings. The van der Waals surface area contributed by atoms with Gasteiger partial charge in [-0.25, -0.2) is 0 Å². The van der Waals surface area contributed by atoms with Crippen molar-refractivity contribution in [1.29, 1.82) is 0 Å². The normalized spacial score (nSPS) is 10.7. The first kappa shape index (κ1) is 15.8. The zero-order valence-electron chi connectivity index (χ0n) is 12.1. The van der Waals surface area contributed by atoms with Crippen LogP contribution in [0.1, 0.15) is 11.1 Å². The van der Waals surface area contributed by atoms with Crippen LogP contribution < -0.4 is 0 Å². The van der Waals surface area contributed by atoms with Crippen molar-refractivity contribution in [2.75, 3.05) is 0 Å². The van der Waals surface area contributed by atoms with Gasteiger partial charge in [0.15, 0.2) is 0 Å². The monoisotopic (exact) mass is 345 g/mol. The molecular formula is C18H13Cl2NO2. The number of esters is 1. The number of nitrogens with zero attached hydrogens (tertiary/aromatic N) is 1. The summed E-state index contributed by atoms with van der Waals surface area (Å²) < 4.78 is 5.35. The molecule has 0 bridgehead atoms. The van der Waals surface area contributed by atoms with Crippen LogP contribution >= 0.6 is 23.2 Å². The molecule has 0 atom stereocenters. The van der Waals surface area contributed by atoms with Crippen LogP contribution in [-0.2, 0) is 22.6 Å². The highest BCUT2D eigenvalue weighted by Gasteiger charge is 2.12. The summed E-state index contributed by atoms with van der Waals surface area (Å²) in [7, 11) is 0. The number of hydrogen-bond donors (Lipinski definition) is 0. The highest BCUT2D eigenvalue weighted by atomic mass is 35.5. The summed E-state index contributed by atoms with van der Waals surface area (Å²) in [6.45, 7) is 0.162. The zero-order chi connectivity index (χ0) is 16.2. The number of carbonyl (C=O) groups is 1. The molecule has 23 heavy (non-hydrogen) atoms. The van der Waals surface area contributed by atoms with Crippen LogP contribution in [0.5, 0.6) is 0 Å². The molecule has 3 nitrogen and oxygen atoms in total. The lowest BCUT2D eigenvalue weighted by Gasteiger charge is -2.09. The molecule has 0 N–H and O–H groups in total. The zero-order valence-corrected chi connectivity index (χ0v) is 13.6. The molecule has 1 aromatic heterocycles. The number of aromatic nitrogens is 1. The standard InChI is InChI=1S/C18H13Cl2NO2/c19-15-7-2-8-16(20)14(15)10-17(22)23-11-13-5-1-4-12-6-3-9-21-18(12)13/h1-9H,10-11H2. The molecule has 0 saturated heterocycles. The second-order valence-corrected chi connectivity index (χ2v) is 5.84. The second kappa shape index (κ2) is 6.99. The lowest BCUT2D eigenvalue weighted by molar-refractivity contribution is -0.144. The lowest BCUT2D eigenvalue weighted by atomic mass is 10.1. The number of carbonyl (C=O) groups excluding carboxylic acids is 1. The first-order valence-corrected chi connectivity index (χ1v) is 7.82. The second-order valence-electron chi connectivity index (χ2n) is 5.03. The fraction of sp³-hybridized carbons (Fsp3) is 0.111. The van der Waals surface area contributed by atoms with E-state index < -0.39 is 0 Å². The summed E-state index contributed by atoms with van der Waals surface area (Å²) in [6, 6.07) is 14.8. The number of benzene rings is 2. The Morgan fingerprint density at radius 3 is 2.48 bits per heavy atom. The van der Waals surface area contributed by atoms with Crippen LogP contribution in [0.25, 0.3) is 10.9 Å². The van der Waals surface area contributed by atoms with E-state index in [9.17, 15) is 4.79 Å². The molecule has 116 valence electrons. The van der Waals surface area contributed by atoms with Crippen molar-refractivity contribution in [3.63, 3.8) is 0 Å². The Kier molecular flexibility index (Phi) is 4.79. The van der Waals surface area contributed by atoms with Crippen LogP contribution in [0, 0.1) is 0 Å². The van der Waals surface area contributed by atoms with Crippen molar-refractivity contribution in [3.8, 4) is 0 Å². The molecule has 0 amide bonds. The van der Waals surface area contributed by atoms with Crippen LogP contribution in [0.4, 0.5) is 0 Å². The van der Waals surface area contributed by atoms with Crippen LogP contribution in [0.2, 0.25) is 10.0 Å². The molecule has 0 aliphatic carbocycles. The summed E-state index contributed by atoms with van der Waals surface area (Å²) in [5.74, 6) is -0.382. The summed E-state index contributed by atoms with van der Waals surface area (Å²) in [5, 5.41) is 1.93. The number of pyridine rings is 1. The minimum absolute atomic E-state index is 0.0384. The highest BCUT2D eigenvalue weighted by Crippen LogP contribution is 2.25. The van der Waals surface area contributed by atoms with Gasteiger partial charge in [-0.15, -0.1) is 0 Å². The van der Waals surface area contributed by atoms with Crippen molar-refractivity contribution < 1.29 is 9.53 Å². The smallest absolute Gasteiger partial charge is 0.310 e. The van der Waals surface area contributed by atoms with Crippen molar-refractivity contribution in [2.24, 2.45) is 0 Å². The highest BCUT2D eigenvalue weighted by molar-refractivity contribution is 6.36. The molecule has 0 aliphatic heterocycles. The molecule has 0 saturated carbocycles. The van der Waals surface area contributed by atoms with E-state index in [2.05, 4.69) is 4.98 Å². The van der Waals surface area contributed by atoms with Gasteiger partial charge in [0.05, 0.1) is 11.9 Å². The van der Waals surface area contributed by atoms with E-state index >= 15 is 0 Å². The van der Waals surface area contributed by atoms with Crippen molar-refractivity contribution >= 4 is 40.1 Å². The topological polar surface area (TPSA) is 39.2 Å². The Morgan fingerprint density at radius 2 is 1.70 bits per heavy atom. The quantitative estimate of drug-likeness (QED) is 0.636. The third-order valence-corrected chi connectivity index (χ3v) is 4.20. The number of ether oxygens (including phenoxy) is 1. The number of fused-ring (bicyclic) bond motifs is 1. The van der Waals surface area contributed by atoms with Crippen molar-refractivity contribution in [2.45, 2.75) is 13.0 Å². The van der Waals surface area contributed by atoms with Gasteiger partial charge in [-0.05, 0) is 18.2 Å². The average molecular weight is 346 g/mol. The molecule has 0 unspecified atom stereocenters. The van der Waals surface area contributed by atoms with E-state index in [-0.39, 0.29) is 19.0 Å². The Morgan fingerprint density at radius 1 is 1.00 bits per heavy atom. The van der Waals surface area contributed by atoms with E-state index in [4.69, 9.17) is 27.9 Å². The third kappa shape index (κ3) is 3.63. The van der Waals surface area contributed by atoms with Crippen molar-refractivity contribution in [3.05, 3.63) is 75.9 Å². The van der Waals surface area contributed by atoms with E-state index in [0.717, 1.165) is 16.5 Å². The number of rotatable bonds is 4. The maximum Gasteiger partial charge on any atom is 0.310 e. The largest absolute Gasteiger partial charge is 0.460 e. The summed E-state index contributed by atoms with van der Waals surface area (Å²) in [5.41, 5.74) is 2.28. The van der Waals surface area contributed by atoms with Gasteiger partial charge in [0, 0.05) is 32.8 Å². The Labute approximate surface area is 143 Å². The predicted octanol–water partition coefficient (Wildman–Crippen LogP) is 4.83. The van der Waals surface area contributed by atoms with E-state index in [0.29, 0.717) is 15.6 Å². The number of para-hydroxylation sites is 1. The Hall–Kier alpha value is -2.10. The molecule has 0 aliphatic rings. The minimum Gasteiger partial charge on any atom is -0.460 e. The summed E-state index contributed by atoms with van der Waals surface area (Å²) >= 11 is 12.1. The van der Waals surface area contributed by atoms with Crippen LogP contribution in [0.15, 0.2) is 54.7 Å². The summed E-state index contributed by atoms with van der Waals surface area (Å²) in [4.78, 5) is 16.4. The summed E-state index contributed by atoms with van der Waals surface area (Å²) in [6.07, 6.45) is 1.76. The number of hydrogen-bond acceptors (Lipinski definition) is 3. The number of halogens is 2. The molecule has 5 heteroatoms. The van der Waals surface area contributed by atoms with E-state index in [1.807, 2.05) is 30.3 Å². The van der Waals surface area contributed by atoms with E-state index in [1.54, 1.807) is 24.4 Å². The van der Waals surface area contributed by atoms with Gasteiger partial charge in [0.1, 0.15) is 6.61 Å². The fourth-order valence-corrected chi connectivity index (χ4v) is 2.87. The first-order valence-electron chi connectivity index (χ1n) is 7.06. The molecule has 0 radical (unpaired) electrons. The van der Waals surface area contributed by atoms with Gasteiger partial charge in [-0.2, -0.15) is 0 Å². The molecule has 0 fully saturated rings. The van der Waals surface area contributed by atoms with Gasteiger partial charge in [0.2, 0.25) is 0 Å². The van der Waals surface area contributed by atoms with Gasteiger partial charge in [-0.3, -0.25) is 9.78 Å². The molecule has 0 spiro atoms. The molecule has 2 aromatic carbocycles.